The molecule has 108 valence electrons. The van der Waals surface area contributed by atoms with Crippen molar-refractivity contribution in [2.45, 2.75) is 0 Å². The monoisotopic (exact) mass is 274 g/mol. The molecule has 2 fully saturated rings. The third kappa shape index (κ3) is 2.39. The zero-order chi connectivity index (χ0) is 14.3. The van der Waals surface area contributed by atoms with Gasteiger partial charge in [-0.3, -0.25) is 9.69 Å². The summed E-state index contributed by atoms with van der Waals surface area (Å²) in [7, 11) is 3.97. The van der Waals surface area contributed by atoms with Crippen LogP contribution in [0.25, 0.3) is 0 Å². The summed E-state index contributed by atoms with van der Waals surface area (Å²) in [5.74, 6) is 0.136. The van der Waals surface area contributed by atoms with Gasteiger partial charge >= 0.3 is 0 Å². The van der Waals surface area contributed by atoms with E-state index in [4.69, 9.17) is 5.73 Å². The fourth-order valence-electron chi connectivity index (χ4n) is 3.45. The number of likely N-dealkylation sites (N-methyl/N-ethyl adjacent to an activating group) is 1. The quantitative estimate of drug-likeness (QED) is 0.815. The molecule has 0 aromatic heterocycles. The van der Waals surface area contributed by atoms with Gasteiger partial charge in [-0.15, -0.1) is 0 Å². The molecule has 20 heavy (non-hydrogen) atoms. The molecule has 2 aliphatic rings. The second kappa shape index (κ2) is 4.75. The van der Waals surface area contributed by atoms with Crippen molar-refractivity contribution in [1.82, 2.24) is 9.80 Å². The van der Waals surface area contributed by atoms with Crippen LogP contribution in [0.1, 0.15) is 0 Å². The minimum atomic E-state index is 0.136. The van der Waals surface area contributed by atoms with Crippen LogP contribution in [0.4, 0.5) is 11.4 Å². The number of likely N-dealkylation sites (tertiary alicyclic amines) is 2. The van der Waals surface area contributed by atoms with E-state index in [1.54, 1.807) is 4.90 Å². The number of hydrogen-bond acceptors (Lipinski definition) is 4. The summed E-state index contributed by atoms with van der Waals surface area (Å²) in [6.07, 6.45) is 0. The first-order valence-electron chi connectivity index (χ1n) is 7.00. The number of nitrogens with zero attached hydrogens (tertiary/aromatic N) is 3. The lowest BCUT2D eigenvalue weighted by Gasteiger charge is -2.59. The van der Waals surface area contributed by atoms with Crippen molar-refractivity contribution in [2.75, 3.05) is 57.5 Å². The maximum atomic E-state index is 12.3. The lowest BCUT2D eigenvalue weighted by atomic mass is 9.73. The van der Waals surface area contributed by atoms with Crippen molar-refractivity contribution in [3.8, 4) is 0 Å². The number of hydrogen-bond donors (Lipinski definition) is 1. The molecule has 1 amide bonds. The normalized spacial score (nSPS) is 21.3. The molecule has 2 saturated heterocycles. The molecule has 5 heteroatoms. The highest BCUT2D eigenvalue weighted by molar-refractivity contribution is 5.94. The summed E-state index contributed by atoms with van der Waals surface area (Å²) in [4.78, 5) is 18.5. The van der Waals surface area contributed by atoms with E-state index in [1.807, 2.05) is 31.3 Å². The lowest BCUT2D eigenvalue weighted by Crippen LogP contribution is -2.71. The van der Waals surface area contributed by atoms with Crippen LogP contribution in [-0.2, 0) is 4.79 Å². The lowest BCUT2D eigenvalue weighted by molar-refractivity contribution is -0.131. The van der Waals surface area contributed by atoms with Gasteiger partial charge in [-0.25, -0.2) is 0 Å². The molecule has 0 saturated carbocycles. The highest BCUT2D eigenvalue weighted by atomic mass is 16.2. The first kappa shape index (κ1) is 13.4. The van der Waals surface area contributed by atoms with Crippen LogP contribution in [0, 0.1) is 5.41 Å². The van der Waals surface area contributed by atoms with Gasteiger partial charge in [0.15, 0.2) is 0 Å². The van der Waals surface area contributed by atoms with Gasteiger partial charge in [0.1, 0.15) is 0 Å². The molecular weight excluding hydrogens is 252 g/mol. The Labute approximate surface area is 119 Å². The zero-order valence-corrected chi connectivity index (χ0v) is 12.2. The van der Waals surface area contributed by atoms with Crippen molar-refractivity contribution >= 4 is 17.3 Å². The highest BCUT2D eigenvalue weighted by Gasteiger charge is 2.50. The number of benzene rings is 1. The predicted octanol–water partition coefficient (Wildman–Crippen LogP) is 0.479. The van der Waals surface area contributed by atoms with E-state index in [2.05, 4.69) is 16.8 Å². The molecule has 5 nitrogen and oxygen atoms in total. The Hall–Kier alpha value is -1.59. The molecule has 3 rings (SSSR count). The van der Waals surface area contributed by atoms with Crippen molar-refractivity contribution < 1.29 is 4.79 Å². The molecule has 0 aliphatic carbocycles. The Morgan fingerprint density at radius 3 is 2.40 bits per heavy atom. The summed E-state index contributed by atoms with van der Waals surface area (Å²) >= 11 is 0. The van der Waals surface area contributed by atoms with Gasteiger partial charge in [0, 0.05) is 50.0 Å². The van der Waals surface area contributed by atoms with Crippen LogP contribution >= 0.6 is 0 Å². The Bertz CT molecular complexity index is 499. The summed E-state index contributed by atoms with van der Waals surface area (Å²) in [6, 6.07) is 7.40. The van der Waals surface area contributed by atoms with E-state index in [9.17, 15) is 4.79 Å². The van der Waals surface area contributed by atoms with Crippen LogP contribution in [-0.4, -0.2) is 62.5 Å². The molecule has 1 aromatic rings. The smallest absolute Gasteiger partial charge is 0.240 e. The molecule has 2 heterocycles. The molecule has 1 aromatic carbocycles. The highest BCUT2D eigenvalue weighted by Crippen LogP contribution is 2.38. The molecule has 1 spiro atoms. The Kier molecular flexibility index (Phi) is 3.18. The Morgan fingerprint density at radius 1 is 1.25 bits per heavy atom. The van der Waals surface area contributed by atoms with Gasteiger partial charge in [-0.05, 0) is 31.3 Å². The largest absolute Gasteiger partial charge is 0.399 e. The molecule has 0 bridgehead atoms. The van der Waals surface area contributed by atoms with Crippen LogP contribution < -0.4 is 10.6 Å². The summed E-state index contributed by atoms with van der Waals surface area (Å²) in [5, 5.41) is 0. The van der Waals surface area contributed by atoms with Crippen molar-refractivity contribution in [3.05, 3.63) is 24.3 Å². The average Bonchev–Trinajstić information content (AvgIpc) is 2.34. The van der Waals surface area contributed by atoms with Gasteiger partial charge in [0.25, 0.3) is 0 Å². The summed E-state index contributed by atoms with van der Waals surface area (Å²) in [5.41, 5.74) is 7.75. The van der Waals surface area contributed by atoms with Gasteiger partial charge in [0.2, 0.25) is 5.91 Å². The second-order valence-electron chi connectivity index (χ2n) is 6.36. The SMILES string of the molecule is CN1CC2(C1)CN(CC(=O)N(C)c1ccc(N)cc1)C2. The van der Waals surface area contributed by atoms with E-state index in [1.165, 1.54) is 13.1 Å². The number of carbonyl (C=O) groups excluding carboxylic acids is 1. The number of nitrogens with two attached hydrogens (primary N) is 1. The summed E-state index contributed by atoms with van der Waals surface area (Å²) < 4.78 is 0. The maximum absolute atomic E-state index is 12.3. The number of rotatable bonds is 3. The second-order valence-corrected chi connectivity index (χ2v) is 6.36. The van der Waals surface area contributed by atoms with Crippen LogP contribution in [0.5, 0.6) is 0 Å². The molecule has 2 N–H and O–H groups in total. The topological polar surface area (TPSA) is 52.8 Å². The molecular formula is C15H22N4O. The van der Waals surface area contributed by atoms with Crippen molar-refractivity contribution in [2.24, 2.45) is 5.41 Å². The van der Waals surface area contributed by atoms with Gasteiger partial charge < -0.3 is 15.5 Å². The molecule has 0 unspecified atom stereocenters. The third-order valence-electron chi connectivity index (χ3n) is 4.34. The number of anilines is 2. The van der Waals surface area contributed by atoms with E-state index < -0.39 is 0 Å². The van der Waals surface area contributed by atoms with Gasteiger partial charge in [-0.1, -0.05) is 0 Å². The summed E-state index contributed by atoms with van der Waals surface area (Å²) in [6.45, 7) is 4.96. The van der Waals surface area contributed by atoms with Crippen LogP contribution in [0.3, 0.4) is 0 Å². The first-order chi connectivity index (χ1) is 9.47. The zero-order valence-electron chi connectivity index (χ0n) is 12.2. The molecule has 0 atom stereocenters. The first-order valence-corrected chi connectivity index (χ1v) is 7.00. The molecule has 0 radical (unpaired) electrons. The maximum Gasteiger partial charge on any atom is 0.240 e. The minimum absolute atomic E-state index is 0.136. The van der Waals surface area contributed by atoms with E-state index in [-0.39, 0.29) is 5.91 Å². The van der Waals surface area contributed by atoms with Crippen LogP contribution in [0.15, 0.2) is 24.3 Å². The van der Waals surface area contributed by atoms with E-state index in [0.29, 0.717) is 17.6 Å². The fourth-order valence-corrected chi connectivity index (χ4v) is 3.45. The van der Waals surface area contributed by atoms with E-state index >= 15 is 0 Å². The van der Waals surface area contributed by atoms with Crippen LogP contribution in [0.2, 0.25) is 0 Å². The Balaban J connectivity index is 1.51. The minimum Gasteiger partial charge on any atom is -0.399 e. The van der Waals surface area contributed by atoms with Gasteiger partial charge in [0.05, 0.1) is 6.54 Å². The number of nitrogen functional groups attached to an aromatic ring is 1. The van der Waals surface area contributed by atoms with E-state index in [0.717, 1.165) is 18.8 Å². The predicted molar refractivity (Wildman–Crippen MR) is 80.6 cm³/mol. The Morgan fingerprint density at radius 2 is 1.85 bits per heavy atom. The number of amides is 1. The van der Waals surface area contributed by atoms with Crippen molar-refractivity contribution in [3.63, 3.8) is 0 Å². The average molecular weight is 274 g/mol. The number of carbonyl (C=O) groups is 1. The third-order valence-corrected chi connectivity index (χ3v) is 4.34. The van der Waals surface area contributed by atoms with Crippen molar-refractivity contribution in [1.29, 1.82) is 0 Å². The standard InChI is InChI=1S/C15H22N4O/c1-17-8-15(9-17)10-19(11-15)7-14(20)18(2)13-5-3-12(16)4-6-13/h3-6H,7-11,16H2,1-2H3. The van der Waals surface area contributed by atoms with Gasteiger partial charge in [-0.2, -0.15) is 0 Å². The fraction of sp³-hybridized carbons (Fsp3) is 0.533. The molecule has 2 aliphatic heterocycles.